The van der Waals surface area contributed by atoms with E-state index in [0.717, 1.165) is 29.6 Å². The highest BCUT2D eigenvalue weighted by atomic mass is 32.2. The van der Waals surface area contributed by atoms with Crippen LogP contribution in [0.4, 0.5) is 0 Å². The number of thioether (sulfide) groups is 1. The van der Waals surface area contributed by atoms with Crippen LogP contribution < -0.4 is 5.32 Å². The van der Waals surface area contributed by atoms with Crippen LogP contribution in [0.3, 0.4) is 0 Å². The van der Waals surface area contributed by atoms with Gasteiger partial charge in [-0.1, -0.05) is 41.8 Å². The molecule has 0 aliphatic carbocycles. The van der Waals surface area contributed by atoms with E-state index in [9.17, 15) is 0 Å². The summed E-state index contributed by atoms with van der Waals surface area (Å²) >= 11 is 1.67. The summed E-state index contributed by atoms with van der Waals surface area (Å²) in [5.41, 5.74) is 1.07. The lowest BCUT2D eigenvalue weighted by Gasteiger charge is -1.95. The van der Waals surface area contributed by atoms with Gasteiger partial charge in [0.1, 0.15) is 0 Å². The van der Waals surface area contributed by atoms with E-state index in [4.69, 9.17) is 0 Å². The number of rotatable bonds is 1. The first-order valence-electron chi connectivity index (χ1n) is 4.90. The lowest BCUT2D eigenvalue weighted by Crippen LogP contribution is -2.15. The van der Waals surface area contributed by atoms with Crippen molar-refractivity contribution in [2.24, 2.45) is 4.99 Å². The molecule has 0 saturated heterocycles. The predicted molar refractivity (Wildman–Crippen MR) is 66.1 cm³/mol. The second-order valence-electron chi connectivity index (χ2n) is 3.07. The van der Waals surface area contributed by atoms with E-state index in [1.165, 1.54) is 0 Å². The minimum atomic E-state index is 0.792. The molecular formula is C12H12N2S. The number of benzene rings is 1. The van der Waals surface area contributed by atoms with Gasteiger partial charge in [-0.15, -0.1) is 0 Å². The van der Waals surface area contributed by atoms with Crippen LogP contribution in [0.1, 0.15) is 5.56 Å². The van der Waals surface area contributed by atoms with Crippen molar-refractivity contribution in [3.8, 4) is 11.8 Å². The Morgan fingerprint density at radius 1 is 1.33 bits per heavy atom. The molecule has 76 valence electrons. The molecule has 0 spiro atoms. The van der Waals surface area contributed by atoms with Gasteiger partial charge < -0.3 is 5.32 Å². The fourth-order valence-corrected chi connectivity index (χ4v) is 1.90. The molecule has 0 bridgehead atoms. The minimum Gasteiger partial charge on any atom is -0.363 e. The van der Waals surface area contributed by atoms with E-state index < -0.39 is 0 Å². The van der Waals surface area contributed by atoms with Crippen molar-refractivity contribution in [1.29, 1.82) is 0 Å². The third-order valence-electron chi connectivity index (χ3n) is 1.93. The van der Waals surface area contributed by atoms with Crippen LogP contribution in [0.25, 0.3) is 0 Å². The van der Waals surface area contributed by atoms with E-state index in [1.807, 2.05) is 30.3 Å². The number of amidine groups is 1. The van der Waals surface area contributed by atoms with Crippen LogP contribution >= 0.6 is 11.8 Å². The Bertz CT molecular complexity index is 401. The molecule has 0 amide bonds. The highest BCUT2D eigenvalue weighted by molar-refractivity contribution is 8.14. The molecule has 3 heteroatoms. The smallest absolute Gasteiger partial charge is 0.157 e. The van der Waals surface area contributed by atoms with Gasteiger partial charge in [0.05, 0.1) is 12.3 Å². The van der Waals surface area contributed by atoms with E-state index >= 15 is 0 Å². The van der Waals surface area contributed by atoms with Crippen LogP contribution in [0.5, 0.6) is 0 Å². The monoisotopic (exact) mass is 216 g/mol. The first-order chi connectivity index (χ1) is 7.45. The fourth-order valence-electron chi connectivity index (χ4n) is 1.24. The van der Waals surface area contributed by atoms with Gasteiger partial charge in [0.2, 0.25) is 0 Å². The Kier molecular flexibility index (Phi) is 3.70. The maximum Gasteiger partial charge on any atom is 0.157 e. The Labute approximate surface area is 94.2 Å². The Morgan fingerprint density at radius 2 is 2.20 bits per heavy atom. The molecule has 15 heavy (non-hydrogen) atoms. The third kappa shape index (κ3) is 3.34. The molecule has 0 unspecified atom stereocenters. The summed E-state index contributed by atoms with van der Waals surface area (Å²) in [5.74, 6) is 7.03. The van der Waals surface area contributed by atoms with Crippen molar-refractivity contribution in [1.82, 2.24) is 5.32 Å². The first-order valence-corrected chi connectivity index (χ1v) is 5.89. The molecule has 0 atom stereocenters. The van der Waals surface area contributed by atoms with Crippen molar-refractivity contribution in [3.05, 3.63) is 35.9 Å². The number of hydrogen-bond donors (Lipinski definition) is 1. The van der Waals surface area contributed by atoms with Crippen LogP contribution in [-0.4, -0.2) is 24.0 Å². The summed E-state index contributed by atoms with van der Waals surface area (Å²) in [6.45, 7) is 1.86. The van der Waals surface area contributed by atoms with Crippen molar-refractivity contribution >= 4 is 16.9 Å². The molecule has 1 aliphatic heterocycles. The van der Waals surface area contributed by atoms with Gasteiger partial charge in [0, 0.05) is 12.1 Å². The molecule has 2 rings (SSSR count). The standard InChI is InChI=1S/C12H12N2S/c1-2-5-11(6-3-1)7-4-10-15-12-13-8-9-14-12/h1-3,5-6H,8-10H2,(H,13,14). The molecule has 1 aromatic carbocycles. The number of aliphatic imine (C=N–C) groups is 1. The summed E-state index contributed by atoms with van der Waals surface area (Å²) in [6, 6.07) is 10.0. The van der Waals surface area contributed by atoms with Gasteiger partial charge in [-0.05, 0) is 12.1 Å². The van der Waals surface area contributed by atoms with Gasteiger partial charge in [-0.2, -0.15) is 0 Å². The van der Waals surface area contributed by atoms with Crippen LogP contribution in [-0.2, 0) is 0 Å². The quantitative estimate of drug-likeness (QED) is 0.723. The van der Waals surface area contributed by atoms with Gasteiger partial charge in [-0.3, -0.25) is 4.99 Å². The summed E-state index contributed by atoms with van der Waals surface area (Å²) in [7, 11) is 0. The van der Waals surface area contributed by atoms with Crippen molar-refractivity contribution < 1.29 is 0 Å². The first kappa shape index (κ1) is 10.1. The fraction of sp³-hybridized carbons (Fsp3) is 0.250. The Hall–Kier alpha value is -1.40. The molecular weight excluding hydrogens is 204 g/mol. The average molecular weight is 216 g/mol. The van der Waals surface area contributed by atoms with Crippen LogP contribution in [0.2, 0.25) is 0 Å². The minimum absolute atomic E-state index is 0.792. The zero-order chi connectivity index (χ0) is 10.3. The maximum atomic E-state index is 4.28. The second-order valence-corrected chi connectivity index (χ2v) is 4.03. The largest absolute Gasteiger partial charge is 0.363 e. The number of nitrogens with one attached hydrogen (secondary N) is 1. The van der Waals surface area contributed by atoms with Crippen molar-refractivity contribution in [3.63, 3.8) is 0 Å². The van der Waals surface area contributed by atoms with Crippen molar-refractivity contribution in [2.45, 2.75) is 0 Å². The third-order valence-corrected chi connectivity index (χ3v) is 2.77. The Balaban J connectivity index is 1.80. The maximum absolute atomic E-state index is 4.28. The highest BCUT2D eigenvalue weighted by Crippen LogP contribution is 2.04. The summed E-state index contributed by atoms with van der Waals surface area (Å²) in [5, 5.41) is 4.23. The summed E-state index contributed by atoms with van der Waals surface area (Å²) in [6.07, 6.45) is 0. The molecule has 0 saturated carbocycles. The predicted octanol–water partition coefficient (Wildman–Crippen LogP) is 1.73. The number of nitrogens with zero attached hydrogens (tertiary/aromatic N) is 1. The normalized spacial score (nSPS) is 13.7. The summed E-state index contributed by atoms with van der Waals surface area (Å²) in [4.78, 5) is 4.28. The Morgan fingerprint density at radius 3 is 2.93 bits per heavy atom. The van der Waals surface area contributed by atoms with Gasteiger partial charge in [-0.25, -0.2) is 0 Å². The van der Waals surface area contributed by atoms with Crippen LogP contribution in [0.15, 0.2) is 35.3 Å². The molecule has 0 radical (unpaired) electrons. The van der Waals surface area contributed by atoms with Gasteiger partial charge >= 0.3 is 0 Å². The average Bonchev–Trinajstić information content (AvgIpc) is 2.79. The van der Waals surface area contributed by atoms with E-state index in [2.05, 4.69) is 22.2 Å². The topological polar surface area (TPSA) is 24.4 Å². The lowest BCUT2D eigenvalue weighted by molar-refractivity contribution is 0.963. The van der Waals surface area contributed by atoms with Crippen molar-refractivity contribution in [2.75, 3.05) is 18.8 Å². The van der Waals surface area contributed by atoms with Crippen LogP contribution in [0, 0.1) is 11.8 Å². The molecule has 1 N–H and O–H groups in total. The van der Waals surface area contributed by atoms with E-state index in [1.54, 1.807) is 11.8 Å². The zero-order valence-electron chi connectivity index (χ0n) is 8.36. The molecule has 1 heterocycles. The zero-order valence-corrected chi connectivity index (χ0v) is 9.18. The van der Waals surface area contributed by atoms with E-state index in [0.29, 0.717) is 0 Å². The summed E-state index contributed by atoms with van der Waals surface area (Å²) < 4.78 is 0. The molecule has 2 nitrogen and oxygen atoms in total. The number of hydrogen-bond acceptors (Lipinski definition) is 3. The lowest BCUT2D eigenvalue weighted by atomic mass is 10.2. The van der Waals surface area contributed by atoms with E-state index in [-0.39, 0.29) is 0 Å². The molecule has 0 fully saturated rings. The molecule has 1 aliphatic rings. The SMILES string of the molecule is C(#Cc1ccccc1)CSC1=NCCN1. The molecule has 0 aromatic heterocycles. The molecule has 1 aromatic rings. The highest BCUT2D eigenvalue weighted by Gasteiger charge is 2.02. The van der Waals surface area contributed by atoms with Gasteiger partial charge in [0.15, 0.2) is 5.17 Å². The van der Waals surface area contributed by atoms with Gasteiger partial charge in [0.25, 0.3) is 0 Å². The second kappa shape index (κ2) is 5.47.